The summed E-state index contributed by atoms with van der Waals surface area (Å²) < 4.78 is 1.55. The number of hydrogen-bond donors (Lipinski definition) is 2. The van der Waals surface area contributed by atoms with Gasteiger partial charge in [-0.3, -0.25) is 4.98 Å². The second kappa shape index (κ2) is 3.56. The molecule has 6 nitrogen and oxygen atoms in total. The van der Waals surface area contributed by atoms with Gasteiger partial charge in [0.1, 0.15) is 0 Å². The van der Waals surface area contributed by atoms with Crippen molar-refractivity contribution in [3.63, 3.8) is 0 Å². The molecule has 2 heterocycles. The lowest BCUT2D eigenvalue weighted by Crippen LogP contribution is -2.06. The van der Waals surface area contributed by atoms with Crippen LogP contribution < -0.4 is 11.5 Å². The molecule has 4 N–H and O–H groups in total. The summed E-state index contributed by atoms with van der Waals surface area (Å²) in [6.07, 6.45) is 3.56. The number of anilines is 2. The second-order valence-corrected chi connectivity index (χ2v) is 3.36. The summed E-state index contributed by atoms with van der Waals surface area (Å²) in [5.74, 6) is 0.502. The van der Waals surface area contributed by atoms with Crippen molar-refractivity contribution in [3.8, 4) is 0 Å². The Morgan fingerprint density at radius 1 is 1.33 bits per heavy atom. The van der Waals surface area contributed by atoms with Crippen LogP contribution in [0.2, 0.25) is 0 Å². The number of nitrogen functional groups attached to an aromatic ring is 2. The molecule has 6 heteroatoms. The minimum absolute atomic E-state index is 0.188. The van der Waals surface area contributed by atoms with Crippen molar-refractivity contribution in [2.45, 2.75) is 13.5 Å². The van der Waals surface area contributed by atoms with Gasteiger partial charge in [-0.05, 0) is 18.1 Å². The molecular weight excluding hydrogens is 192 g/mol. The van der Waals surface area contributed by atoms with Crippen LogP contribution in [0.1, 0.15) is 11.1 Å². The maximum Gasteiger partial charge on any atom is 0.241 e. The average molecular weight is 204 g/mol. The molecule has 0 aliphatic carbocycles. The first-order chi connectivity index (χ1) is 7.15. The molecule has 0 atom stereocenters. The SMILES string of the molecule is Cc1cncc(Cn2nc(N)nc2N)c1. The van der Waals surface area contributed by atoms with E-state index >= 15 is 0 Å². The predicted octanol–water partition coefficient (Wildman–Crippen LogP) is 0.194. The quantitative estimate of drug-likeness (QED) is 0.728. The highest BCUT2D eigenvalue weighted by Gasteiger charge is 2.04. The molecule has 0 radical (unpaired) electrons. The molecule has 0 aromatic carbocycles. The molecule has 0 aliphatic rings. The van der Waals surface area contributed by atoms with Crippen LogP contribution in [0.25, 0.3) is 0 Å². The molecule has 2 aromatic rings. The van der Waals surface area contributed by atoms with Crippen LogP contribution >= 0.6 is 0 Å². The Labute approximate surface area is 86.9 Å². The van der Waals surface area contributed by atoms with Gasteiger partial charge in [-0.2, -0.15) is 4.98 Å². The van der Waals surface area contributed by atoms with E-state index in [2.05, 4.69) is 15.1 Å². The van der Waals surface area contributed by atoms with Crippen molar-refractivity contribution in [2.24, 2.45) is 0 Å². The number of pyridine rings is 1. The Kier molecular flexibility index (Phi) is 2.24. The van der Waals surface area contributed by atoms with E-state index in [4.69, 9.17) is 11.5 Å². The number of nitrogens with two attached hydrogens (primary N) is 2. The molecule has 0 aliphatic heterocycles. The molecule has 2 rings (SSSR count). The summed E-state index contributed by atoms with van der Waals surface area (Å²) in [4.78, 5) is 7.90. The van der Waals surface area contributed by atoms with Crippen molar-refractivity contribution in [3.05, 3.63) is 29.6 Å². The van der Waals surface area contributed by atoms with Gasteiger partial charge in [0.2, 0.25) is 11.9 Å². The molecule has 78 valence electrons. The van der Waals surface area contributed by atoms with Crippen LogP contribution in [-0.2, 0) is 6.54 Å². The van der Waals surface area contributed by atoms with E-state index in [-0.39, 0.29) is 5.95 Å². The van der Waals surface area contributed by atoms with Crippen LogP contribution in [-0.4, -0.2) is 19.7 Å². The van der Waals surface area contributed by atoms with Crippen molar-refractivity contribution in [1.82, 2.24) is 19.7 Å². The highest BCUT2D eigenvalue weighted by Crippen LogP contribution is 2.07. The summed E-state index contributed by atoms with van der Waals surface area (Å²) in [6, 6.07) is 2.02. The standard InChI is InChI=1S/C9H12N6/c1-6-2-7(4-12-3-6)5-15-9(11)13-8(10)14-15/h2-4H,5H2,1H3,(H4,10,11,13,14). The Morgan fingerprint density at radius 2 is 2.13 bits per heavy atom. The van der Waals surface area contributed by atoms with Gasteiger partial charge >= 0.3 is 0 Å². The van der Waals surface area contributed by atoms with E-state index in [1.54, 1.807) is 17.1 Å². The fraction of sp³-hybridized carbons (Fsp3) is 0.222. The van der Waals surface area contributed by atoms with E-state index in [1.165, 1.54) is 0 Å². The zero-order valence-corrected chi connectivity index (χ0v) is 8.38. The fourth-order valence-electron chi connectivity index (χ4n) is 1.37. The van der Waals surface area contributed by atoms with Crippen LogP contribution in [0, 0.1) is 6.92 Å². The molecule has 0 bridgehead atoms. The Bertz CT molecular complexity index is 475. The monoisotopic (exact) mass is 204 g/mol. The van der Waals surface area contributed by atoms with Crippen molar-refractivity contribution >= 4 is 11.9 Å². The lowest BCUT2D eigenvalue weighted by atomic mass is 10.2. The zero-order chi connectivity index (χ0) is 10.8. The minimum Gasteiger partial charge on any atom is -0.368 e. The molecule has 2 aromatic heterocycles. The maximum absolute atomic E-state index is 5.62. The molecular formula is C9H12N6. The molecule has 0 fully saturated rings. The summed E-state index contributed by atoms with van der Waals surface area (Å²) in [5, 5.41) is 3.97. The third-order valence-electron chi connectivity index (χ3n) is 1.98. The molecule has 15 heavy (non-hydrogen) atoms. The van der Waals surface area contributed by atoms with Crippen molar-refractivity contribution < 1.29 is 0 Å². The van der Waals surface area contributed by atoms with Gasteiger partial charge in [0.05, 0.1) is 6.54 Å². The largest absolute Gasteiger partial charge is 0.368 e. The smallest absolute Gasteiger partial charge is 0.241 e. The minimum atomic E-state index is 0.188. The van der Waals surface area contributed by atoms with Crippen molar-refractivity contribution in [2.75, 3.05) is 11.5 Å². The fourth-order valence-corrected chi connectivity index (χ4v) is 1.37. The summed E-state index contributed by atoms with van der Waals surface area (Å²) in [7, 11) is 0. The highest BCUT2D eigenvalue weighted by atomic mass is 15.4. The first kappa shape index (κ1) is 9.45. The average Bonchev–Trinajstić information content (AvgIpc) is 2.45. The van der Waals surface area contributed by atoms with E-state index in [1.807, 2.05) is 13.0 Å². The normalized spacial score (nSPS) is 10.5. The van der Waals surface area contributed by atoms with E-state index in [0.717, 1.165) is 11.1 Å². The number of nitrogens with zero attached hydrogens (tertiary/aromatic N) is 4. The molecule has 0 unspecified atom stereocenters. The van der Waals surface area contributed by atoms with Gasteiger partial charge in [0, 0.05) is 12.4 Å². The second-order valence-electron chi connectivity index (χ2n) is 3.36. The van der Waals surface area contributed by atoms with Gasteiger partial charge in [-0.15, -0.1) is 5.10 Å². The van der Waals surface area contributed by atoms with Crippen molar-refractivity contribution in [1.29, 1.82) is 0 Å². The summed E-state index contributed by atoms with van der Waals surface area (Å²) in [6.45, 7) is 2.51. The number of aryl methyl sites for hydroxylation is 1. The first-order valence-corrected chi connectivity index (χ1v) is 4.51. The van der Waals surface area contributed by atoms with Gasteiger partial charge in [-0.1, -0.05) is 6.07 Å². The Balaban J connectivity index is 2.25. The van der Waals surface area contributed by atoms with Gasteiger partial charge < -0.3 is 11.5 Å². The van der Waals surface area contributed by atoms with Crippen LogP contribution in [0.3, 0.4) is 0 Å². The molecule has 0 amide bonds. The number of hydrogen-bond acceptors (Lipinski definition) is 5. The number of rotatable bonds is 2. The third kappa shape index (κ3) is 2.04. The molecule has 0 spiro atoms. The Morgan fingerprint density at radius 3 is 2.73 bits per heavy atom. The summed E-state index contributed by atoms with van der Waals surface area (Å²) >= 11 is 0. The van der Waals surface area contributed by atoms with E-state index in [0.29, 0.717) is 12.5 Å². The van der Waals surface area contributed by atoms with Crippen LogP contribution in [0.15, 0.2) is 18.5 Å². The Hall–Kier alpha value is -2.11. The third-order valence-corrected chi connectivity index (χ3v) is 1.98. The van der Waals surface area contributed by atoms with Gasteiger partial charge in [0.15, 0.2) is 0 Å². The van der Waals surface area contributed by atoms with E-state index < -0.39 is 0 Å². The first-order valence-electron chi connectivity index (χ1n) is 4.51. The zero-order valence-electron chi connectivity index (χ0n) is 8.38. The highest BCUT2D eigenvalue weighted by molar-refractivity contribution is 5.28. The topological polar surface area (TPSA) is 95.6 Å². The van der Waals surface area contributed by atoms with E-state index in [9.17, 15) is 0 Å². The molecule has 0 saturated carbocycles. The predicted molar refractivity (Wildman–Crippen MR) is 56.9 cm³/mol. The molecule has 0 saturated heterocycles. The van der Waals surface area contributed by atoms with Gasteiger partial charge in [-0.25, -0.2) is 4.68 Å². The number of aromatic nitrogens is 4. The lowest BCUT2D eigenvalue weighted by Gasteiger charge is -2.02. The van der Waals surface area contributed by atoms with Gasteiger partial charge in [0.25, 0.3) is 0 Å². The summed E-state index contributed by atoms with van der Waals surface area (Å²) in [5.41, 5.74) is 13.2. The van der Waals surface area contributed by atoms with Crippen LogP contribution in [0.5, 0.6) is 0 Å². The lowest BCUT2D eigenvalue weighted by molar-refractivity contribution is 0.696. The maximum atomic E-state index is 5.62. The van der Waals surface area contributed by atoms with Crippen LogP contribution in [0.4, 0.5) is 11.9 Å².